The summed E-state index contributed by atoms with van der Waals surface area (Å²) >= 11 is 0. The van der Waals surface area contributed by atoms with Crippen molar-refractivity contribution in [1.29, 1.82) is 0 Å². The van der Waals surface area contributed by atoms with Crippen LogP contribution >= 0.6 is 0 Å². The number of carbonyl (C=O) groups excluding carboxylic acids is 3. The van der Waals surface area contributed by atoms with Crippen molar-refractivity contribution in [3.63, 3.8) is 0 Å². The van der Waals surface area contributed by atoms with Gasteiger partial charge in [-0.2, -0.15) is 0 Å². The molecule has 2 N–H and O–H groups in total. The summed E-state index contributed by atoms with van der Waals surface area (Å²) in [6, 6.07) is -0.0217. The Morgan fingerprint density at radius 3 is 2.59 bits per heavy atom. The lowest BCUT2D eigenvalue weighted by atomic mass is 9.91. The molecule has 8 heteroatoms. The number of ether oxygens (including phenoxy) is 2. The molecule has 1 unspecified atom stereocenters. The maximum Gasteiger partial charge on any atom is 0.413 e. The Kier molecular flexibility index (Phi) is 7.41. The van der Waals surface area contributed by atoms with Gasteiger partial charge in [-0.3, -0.25) is 9.59 Å². The molecule has 4 atom stereocenters. The first-order valence-electron chi connectivity index (χ1n) is 9.23. The van der Waals surface area contributed by atoms with Crippen LogP contribution in [0.2, 0.25) is 0 Å². The molecule has 0 bridgehead atoms. The molecule has 1 aromatic heterocycles. The van der Waals surface area contributed by atoms with Crippen LogP contribution in [0.1, 0.15) is 40.5 Å². The lowest BCUT2D eigenvalue weighted by Gasteiger charge is -2.23. The minimum Gasteiger partial charge on any atom is -0.469 e. The summed E-state index contributed by atoms with van der Waals surface area (Å²) in [6.07, 6.45) is 2.69. The van der Waals surface area contributed by atoms with Crippen molar-refractivity contribution in [3.8, 4) is 5.75 Å². The van der Waals surface area contributed by atoms with Crippen LogP contribution in [0.4, 0.5) is 4.79 Å². The van der Waals surface area contributed by atoms with Gasteiger partial charge in [0.2, 0.25) is 5.91 Å². The molecular weight excluding hydrogens is 352 g/mol. The first-order chi connectivity index (χ1) is 12.8. The fourth-order valence-electron chi connectivity index (χ4n) is 2.73. The summed E-state index contributed by atoms with van der Waals surface area (Å²) in [6.45, 7) is 8.02. The molecule has 150 valence electrons. The summed E-state index contributed by atoms with van der Waals surface area (Å²) in [5.74, 6) is 0.478. The highest BCUT2D eigenvalue weighted by atomic mass is 16.6. The van der Waals surface area contributed by atoms with Gasteiger partial charge in [0.15, 0.2) is 11.5 Å². The third kappa shape index (κ3) is 6.09. The standard InChI is InChI=1S/C19H28N2O6/c1-11(2)12(3)5-6-15(20-19(24)27-14-7-8-25-9-14)18(23)21-17-13(4)26-10-16(17)22/h7-9,11-13,15,17H,5-6,10H2,1-4H3,(H,20,24)(H,21,23)/t12?,13-,15-,17-/m0/s1. The molecule has 2 heterocycles. The summed E-state index contributed by atoms with van der Waals surface area (Å²) in [5, 5.41) is 5.28. The van der Waals surface area contributed by atoms with Gasteiger partial charge in [-0.25, -0.2) is 4.79 Å². The SMILES string of the molecule is CC(C)C(C)CC[C@H](NC(=O)Oc1ccoc1)C(=O)N[C@@H]1C(=O)CO[C@H]1C. The minimum absolute atomic E-state index is 0.0167. The van der Waals surface area contributed by atoms with Crippen molar-refractivity contribution < 1.29 is 28.3 Å². The maximum absolute atomic E-state index is 12.7. The van der Waals surface area contributed by atoms with E-state index >= 15 is 0 Å². The van der Waals surface area contributed by atoms with Crippen LogP contribution < -0.4 is 15.4 Å². The lowest BCUT2D eigenvalue weighted by Crippen LogP contribution is -2.53. The maximum atomic E-state index is 12.7. The molecule has 0 saturated carbocycles. The quantitative estimate of drug-likeness (QED) is 0.716. The van der Waals surface area contributed by atoms with Crippen LogP contribution in [0.5, 0.6) is 5.75 Å². The molecule has 0 radical (unpaired) electrons. The predicted molar refractivity (Wildman–Crippen MR) is 97.2 cm³/mol. The smallest absolute Gasteiger partial charge is 0.413 e. The number of rotatable bonds is 8. The fourth-order valence-corrected chi connectivity index (χ4v) is 2.73. The molecule has 0 aliphatic carbocycles. The average Bonchev–Trinajstić information content (AvgIpc) is 3.23. The van der Waals surface area contributed by atoms with Crippen LogP contribution in [-0.4, -0.2) is 42.6 Å². The summed E-state index contributed by atoms with van der Waals surface area (Å²) in [4.78, 5) is 36.7. The zero-order valence-electron chi connectivity index (χ0n) is 16.2. The highest BCUT2D eigenvalue weighted by Crippen LogP contribution is 2.18. The second-order valence-corrected chi connectivity index (χ2v) is 7.31. The molecule has 2 amide bonds. The van der Waals surface area contributed by atoms with E-state index in [2.05, 4.69) is 31.4 Å². The van der Waals surface area contributed by atoms with Crippen molar-refractivity contribution in [1.82, 2.24) is 10.6 Å². The van der Waals surface area contributed by atoms with E-state index in [1.807, 2.05) is 0 Å². The first-order valence-corrected chi connectivity index (χ1v) is 9.23. The van der Waals surface area contributed by atoms with E-state index < -0.39 is 30.2 Å². The monoisotopic (exact) mass is 380 g/mol. The van der Waals surface area contributed by atoms with Gasteiger partial charge in [0.1, 0.15) is 25.0 Å². The molecule has 8 nitrogen and oxygen atoms in total. The van der Waals surface area contributed by atoms with Gasteiger partial charge in [-0.05, 0) is 31.6 Å². The van der Waals surface area contributed by atoms with E-state index in [9.17, 15) is 14.4 Å². The Hall–Kier alpha value is -2.35. The van der Waals surface area contributed by atoms with Crippen LogP contribution in [0, 0.1) is 11.8 Å². The molecule has 1 saturated heterocycles. The van der Waals surface area contributed by atoms with Crippen LogP contribution in [0.3, 0.4) is 0 Å². The first kappa shape index (κ1) is 21.0. The van der Waals surface area contributed by atoms with E-state index in [-0.39, 0.29) is 18.1 Å². The van der Waals surface area contributed by atoms with Crippen molar-refractivity contribution >= 4 is 17.8 Å². The second kappa shape index (κ2) is 9.55. The van der Waals surface area contributed by atoms with E-state index in [1.54, 1.807) is 6.92 Å². The molecule has 1 aromatic rings. The molecule has 1 aliphatic rings. The van der Waals surface area contributed by atoms with E-state index in [4.69, 9.17) is 13.9 Å². The van der Waals surface area contributed by atoms with Crippen molar-refractivity contribution in [2.24, 2.45) is 11.8 Å². The van der Waals surface area contributed by atoms with Gasteiger partial charge in [0.05, 0.1) is 12.4 Å². The molecular formula is C19H28N2O6. The number of furan rings is 1. The van der Waals surface area contributed by atoms with Gasteiger partial charge in [-0.1, -0.05) is 20.8 Å². The number of amides is 2. The van der Waals surface area contributed by atoms with Gasteiger partial charge >= 0.3 is 6.09 Å². The molecule has 27 heavy (non-hydrogen) atoms. The summed E-state index contributed by atoms with van der Waals surface area (Å²) in [7, 11) is 0. The Morgan fingerprint density at radius 1 is 1.30 bits per heavy atom. The topological polar surface area (TPSA) is 107 Å². The van der Waals surface area contributed by atoms with Crippen LogP contribution in [-0.2, 0) is 14.3 Å². The van der Waals surface area contributed by atoms with Gasteiger partial charge in [0, 0.05) is 6.07 Å². The molecule has 0 aromatic carbocycles. The predicted octanol–water partition coefficient (Wildman–Crippen LogP) is 2.28. The normalized spacial score (nSPS) is 21.7. The van der Waals surface area contributed by atoms with E-state index in [1.165, 1.54) is 18.6 Å². The summed E-state index contributed by atoms with van der Waals surface area (Å²) in [5.41, 5.74) is 0. The summed E-state index contributed by atoms with van der Waals surface area (Å²) < 4.78 is 15.2. The van der Waals surface area contributed by atoms with Crippen LogP contribution in [0.25, 0.3) is 0 Å². The number of Topliss-reactive ketones (excluding diaryl/α,β-unsaturated/α-hetero) is 1. The van der Waals surface area contributed by atoms with Crippen molar-refractivity contribution in [2.45, 2.75) is 58.7 Å². The lowest BCUT2D eigenvalue weighted by molar-refractivity contribution is -0.127. The Labute approximate surface area is 159 Å². The third-order valence-electron chi connectivity index (χ3n) is 4.97. The molecule has 1 aliphatic heterocycles. The molecule has 1 fully saturated rings. The largest absolute Gasteiger partial charge is 0.469 e. The zero-order valence-corrected chi connectivity index (χ0v) is 16.2. The second-order valence-electron chi connectivity index (χ2n) is 7.31. The number of hydrogen-bond acceptors (Lipinski definition) is 6. The number of ketones is 1. The highest BCUT2D eigenvalue weighted by Gasteiger charge is 2.35. The molecule has 0 spiro atoms. The number of hydrogen-bond donors (Lipinski definition) is 2. The number of nitrogens with one attached hydrogen (secondary N) is 2. The minimum atomic E-state index is -0.814. The van der Waals surface area contributed by atoms with Gasteiger partial charge < -0.3 is 24.5 Å². The Bertz CT molecular complexity index is 643. The van der Waals surface area contributed by atoms with E-state index in [0.29, 0.717) is 18.3 Å². The highest BCUT2D eigenvalue weighted by molar-refractivity contribution is 5.94. The van der Waals surface area contributed by atoms with Crippen LogP contribution in [0.15, 0.2) is 23.0 Å². The van der Waals surface area contributed by atoms with E-state index in [0.717, 1.165) is 6.42 Å². The molecule has 2 rings (SSSR count). The Morgan fingerprint density at radius 2 is 2.04 bits per heavy atom. The zero-order chi connectivity index (χ0) is 20.0. The van der Waals surface area contributed by atoms with Gasteiger partial charge in [0.25, 0.3) is 0 Å². The van der Waals surface area contributed by atoms with Crippen molar-refractivity contribution in [2.75, 3.05) is 6.61 Å². The van der Waals surface area contributed by atoms with Crippen molar-refractivity contribution in [3.05, 3.63) is 18.6 Å². The average molecular weight is 380 g/mol. The number of carbonyl (C=O) groups is 3. The fraction of sp³-hybridized carbons (Fsp3) is 0.632. The third-order valence-corrected chi connectivity index (χ3v) is 4.97. The van der Waals surface area contributed by atoms with Gasteiger partial charge in [-0.15, -0.1) is 0 Å². The Balaban J connectivity index is 1.99.